The number of hydrogen-bond donors (Lipinski definition) is 1. The summed E-state index contributed by atoms with van der Waals surface area (Å²) in [6.45, 7) is 0. The number of amides is 2. The summed E-state index contributed by atoms with van der Waals surface area (Å²) in [5.74, 6) is 0.668. The van der Waals surface area contributed by atoms with E-state index in [2.05, 4.69) is 5.32 Å². The minimum absolute atomic E-state index is 0.0661. The molecule has 3 aliphatic rings. The first-order valence-electron chi connectivity index (χ1n) is 11.7. The molecule has 1 N–H and O–H groups in total. The zero-order chi connectivity index (χ0) is 21.6. The van der Waals surface area contributed by atoms with E-state index in [9.17, 15) is 9.59 Å². The van der Waals surface area contributed by atoms with E-state index in [0.29, 0.717) is 11.7 Å². The smallest absolute Gasteiger partial charge is 0.242 e. The fourth-order valence-corrected chi connectivity index (χ4v) is 6.07. The molecule has 3 fully saturated rings. The summed E-state index contributed by atoms with van der Waals surface area (Å²) in [7, 11) is 1.61. The van der Waals surface area contributed by atoms with Crippen molar-refractivity contribution in [3.8, 4) is 5.75 Å². The second-order valence-electron chi connectivity index (χ2n) is 8.79. The van der Waals surface area contributed by atoms with Crippen LogP contribution in [0.25, 0.3) is 0 Å². The average molecular weight is 444 g/mol. The third kappa shape index (κ3) is 5.62. The molecule has 168 valence electrons. The fourth-order valence-electron chi connectivity index (χ4n) is 4.80. The van der Waals surface area contributed by atoms with Gasteiger partial charge in [-0.05, 0) is 49.9 Å². The molecule has 0 spiro atoms. The van der Waals surface area contributed by atoms with Crippen LogP contribution in [-0.2, 0) is 9.59 Å². The molecule has 1 aromatic carbocycles. The third-order valence-corrected chi connectivity index (χ3v) is 7.68. The van der Waals surface area contributed by atoms with Gasteiger partial charge in [0.1, 0.15) is 11.0 Å². The third-order valence-electron chi connectivity index (χ3n) is 6.52. The minimum Gasteiger partial charge on any atom is -0.497 e. The van der Waals surface area contributed by atoms with Gasteiger partial charge in [-0.1, -0.05) is 50.3 Å². The number of anilines is 1. The first-order valence-corrected chi connectivity index (χ1v) is 12.5. The molecule has 7 heteroatoms. The molecule has 4 rings (SSSR count). The number of hydrogen-bond acceptors (Lipinski definition) is 5. The molecule has 6 nitrogen and oxygen atoms in total. The van der Waals surface area contributed by atoms with Gasteiger partial charge in [0, 0.05) is 18.2 Å². The number of benzene rings is 1. The van der Waals surface area contributed by atoms with Gasteiger partial charge in [-0.25, -0.2) is 0 Å². The molecule has 1 aliphatic heterocycles. The van der Waals surface area contributed by atoms with Crippen LogP contribution in [0.5, 0.6) is 5.75 Å². The van der Waals surface area contributed by atoms with Gasteiger partial charge in [-0.3, -0.25) is 19.5 Å². The summed E-state index contributed by atoms with van der Waals surface area (Å²) in [6.07, 6.45) is 11.8. The lowest BCUT2D eigenvalue weighted by atomic mass is 9.94. The largest absolute Gasteiger partial charge is 0.497 e. The van der Waals surface area contributed by atoms with E-state index in [1.165, 1.54) is 50.3 Å². The van der Waals surface area contributed by atoms with Gasteiger partial charge in [-0.2, -0.15) is 0 Å². The van der Waals surface area contributed by atoms with Crippen LogP contribution in [0, 0.1) is 0 Å². The van der Waals surface area contributed by atoms with Crippen molar-refractivity contribution in [3.63, 3.8) is 0 Å². The molecule has 0 unspecified atom stereocenters. The lowest BCUT2D eigenvalue weighted by Gasteiger charge is -2.31. The molecule has 1 atom stereocenters. The Hall–Kier alpha value is -2.02. The van der Waals surface area contributed by atoms with Crippen molar-refractivity contribution in [1.29, 1.82) is 0 Å². The second kappa shape index (κ2) is 10.5. The highest BCUT2D eigenvalue weighted by molar-refractivity contribution is 8.15. The lowest BCUT2D eigenvalue weighted by Crippen LogP contribution is -2.43. The maximum atomic E-state index is 13.4. The molecule has 31 heavy (non-hydrogen) atoms. The number of carbonyl (C=O) groups excluding carboxylic acids is 2. The normalized spacial score (nSPS) is 24.5. The fraction of sp³-hybridized carbons (Fsp3) is 0.625. The molecule has 2 amide bonds. The standard InChI is InChI=1S/C24H33N3O3S/c1-30-20-14-12-18(13-15-20)25-22(28)16-21-23(29)27(19-10-6-3-7-11-19)24(31-21)26-17-8-4-2-5-9-17/h12-15,17,19,21H,2-11,16H2,1H3,(H,25,28)/t21-/m1/s1. The molecule has 0 radical (unpaired) electrons. The molecule has 1 heterocycles. The second-order valence-corrected chi connectivity index (χ2v) is 9.96. The Morgan fingerprint density at radius 1 is 1.06 bits per heavy atom. The Morgan fingerprint density at radius 3 is 2.35 bits per heavy atom. The van der Waals surface area contributed by atoms with Crippen molar-refractivity contribution in [2.75, 3.05) is 12.4 Å². The Balaban J connectivity index is 1.44. The SMILES string of the molecule is COc1ccc(NC(=O)C[C@H]2SC(=NC3CCCCC3)N(C3CCCCC3)C2=O)cc1. The van der Waals surface area contributed by atoms with Gasteiger partial charge in [0.05, 0.1) is 13.2 Å². The predicted octanol–water partition coefficient (Wildman–Crippen LogP) is 4.99. The number of thioether (sulfide) groups is 1. The van der Waals surface area contributed by atoms with Gasteiger partial charge in [0.2, 0.25) is 11.8 Å². The highest BCUT2D eigenvalue weighted by atomic mass is 32.2. The Bertz CT molecular complexity index is 799. The van der Waals surface area contributed by atoms with Crippen LogP contribution in [0.15, 0.2) is 29.3 Å². The van der Waals surface area contributed by atoms with Gasteiger partial charge < -0.3 is 10.1 Å². The van der Waals surface area contributed by atoms with Crippen molar-refractivity contribution in [2.45, 2.75) is 88.0 Å². The zero-order valence-electron chi connectivity index (χ0n) is 18.3. The maximum absolute atomic E-state index is 13.4. The van der Waals surface area contributed by atoms with Crippen molar-refractivity contribution in [3.05, 3.63) is 24.3 Å². The highest BCUT2D eigenvalue weighted by Crippen LogP contribution is 2.36. The Morgan fingerprint density at radius 2 is 1.71 bits per heavy atom. The van der Waals surface area contributed by atoms with E-state index < -0.39 is 0 Å². The van der Waals surface area contributed by atoms with Crippen LogP contribution in [0.2, 0.25) is 0 Å². The minimum atomic E-state index is -0.387. The maximum Gasteiger partial charge on any atom is 0.242 e. The summed E-state index contributed by atoms with van der Waals surface area (Å²) < 4.78 is 5.16. The Kier molecular flexibility index (Phi) is 7.54. The number of nitrogens with zero attached hydrogens (tertiary/aromatic N) is 2. The number of aliphatic imine (C=N–C) groups is 1. The van der Waals surface area contributed by atoms with E-state index in [1.54, 1.807) is 7.11 Å². The zero-order valence-corrected chi connectivity index (χ0v) is 19.2. The van der Waals surface area contributed by atoms with Crippen LogP contribution in [0.1, 0.15) is 70.6 Å². The first kappa shape index (κ1) is 22.2. The number of ether oxygens (including phenoxy) is 1. The van der Waals surface area contributed by atoms with Gasteiger partial charge >= 0.3 is 0 Å². The summed E-state index contributed by atoms with van der Waals surface area (Å²) in [4.78, 5) is 33.0. The van der Waals surface area contributed by atoms with Crippen LogP contribution < -0.4 is 10.1 Å². The highest BCUT2D eigenvalue weighted by Gasteiger charge is 2.43. The Labute approximate surface area is 189 Å². The number of nitrogens with one attached hydrogen (secondary N) is 1. The molecule has 0 aromatic heterocycles. The summed E-state index contributed by atoms with van der Waals surface area (Å²) in [5, 5.41) is 3.39. The molecule has 2 saturated carbocycles. The number of rotatable bonds is 6. The molecule has 1 aromatic rings. The van der Waals surface area contributed by atoms with E-state index in [-0.39, 0.29) is 29.5 Å². The first-order chi connectivity index (χ1) is 15.1. The molecular formula is C24H33N3O3S. The van der Waals surface area contributed by atoms with Crippen molar-refractivity contribution < 1.29 is 14.3 Å². The predicted molar refractivity (Wildman–Crippen MR) is 126 cm³/mol. The lowest BCUT2D eigenvalue weighted by molar-refractivity contribution is -0.130. The quantitative estimate of drug-likeness (QED) is 0.672. The summed E-state index contributed by atoms with van der Waals surface area (Å²) in [6, 6.07) is 7.80. The van der Waals surface area contributed by atoms with Crippen LogP contribution >= 0.6 is 11.8 Å². The van der Waals surface area contributed by atoms with E-state index in [4.69, 9.17) is 9.73 Å². The molecule has 0 bridgehead atoms. The molecule has 2 aliphatic carbocycles. The number of amidine groups is 1. The number of carbonyl (C=O) groups is 2. The van der Waals surface area contributed by atoms with E-state index in [0.717, 1.165) is 36.6 Å². The van der Waals surface area contributed by atoms with Crippen molar-refractivity contribution in [1.82, 2.24) is 4.90 Å². The molecular weight excluding hydrogens is 410 g/mol. The van der Waals surface area contributed by atoms with Crippen LogP contribution in [0.4, 0.5) is 5.69 Å². The van der Waals surface area contributed by atoms with Gasteiger partial charge in [-0.15, -0.1) is 0 Å². The van der Waals surface area contributed by atoms with E-state index in [1.807, 2.05) is 29.2 Å². The number of methoxy groups -OCH3 is 1. The average Bonchev–Trinajstić information content (AvgIpc) is 3.09. The van der Waals surface area contributed by atoms with Gasteiger partial charge in [0.15, 0.2) is 5.17 Å². The van der Waals surface area contributed by atoms with Crippen molar-refractivity contribution in [2.24, 2.45) is 4.99 Å². The van der Waals surface area contributed by atoms with Crippen molar-refractivity contribution >= 4 is 34.4 Å². The van der Waals surface area contributed by atoms with E-state index >= 15 is 0 Å². The monoisotopic (exact) mass is 443 g/mol. The summed E-state index contributed by atoms with van der Waals surface area (Å²) >= 11 is 1.50. The van der Waals surface area contributed by atoms with Crippen LogP contribution in [-0.4, -0.2) is 46.3 Å². The topological polar surface area (TPSA) is 71.0 Å². The van der Waals surface area contributed by atoms with Gasteiger partial charge in [0.25, 0.3) is 0 Å². The molecule has 1 saturated heterocycles. The van der Waals surface area contributed by atoms with Crippen LogP contribution in [0.3, 0.4) is 0 Å². The summed E-state index contributed by atoms with van der Waals surface area (Å²) in [5.41, 5.74) is 0.710.